The third-order valence-electron chi connectivity index (χ3n) is 8.46. The summed E-state index contributed by atoms with van der Waals surface area (Å²) >= 11 is 0. The summed E-state index contributed by atoms with van der Waals surface area (Å²) in [6.07, 6.45) is 5.82. The van der Waals surface area contributed by atoms with Crippen molar-refractivity contribution >= 4 is 22.7 Å². The minimum atomic E-state index is -0.556. The van der Waals surface area contributed by atoms with Crippen LogP contribution in [-0.2, 0) is 17.8 Å². The van der Waals surface area contributed by atoms with Gasteiger partial charge in [-0.3, -0.25) is 14.7 Å². The van der Waals surface area contributed by atoms with Crippen LogP contribution in [0.15, 0.2) is 47.5 Å². The minimum Gasteiger partial charge on any atom is -0.444 e. The standard InChI is InChI=1S/C34H47N5O4/c1-23(2)39-20-26(32(41)30-10-9-27(17-31(30)39)36-15-12-29(40)22-36)19-38(18-25-11-13-35-24(3)16-25)28-8-7-14-37(21-28)33(42)43-34(4,5)6/h9-11,13,16-17,20,23,28-29,40H,7-8,12,14-15,18-19,21-22H2,1-6H3/t28-,29+/m0/s1. The molecule has 0 unspecified atom stereocenters. The second-order valence-electron chi connectivity index (χ2n) is 13.5. The van der Waals surface area contributed by atoms with Crippen LogP contribution in [0.1, 0.15) is 76.7 Å². The minimum absolute atomic E-state index is 0.0376. The summed E-state index contributed by atoms with van der Waals surface area (Å²) in [5.74, 6) is 0. The van der Waals surface area contributed by atoms with E-state index < -0.39 is 5.60 Å². The number of amides is 1. The highest BCUT2D eigenvalue weighted by Crippen LogP contribution is 2.28. The Labute approximate surface area is 255 Å². The van der Waals surface area contributed by atoms with Crippen molar-refractivity contribution in [3.8, 4) is 0 Å². The summed E-state index contributed by atoms with van der Waals surface area (Å²) < 4.78 is 7.91. The fraction of sp³-hybridized carbons (Fsp3) is 0.559. The Bertz CT molecular complexity index is 1510. The molecule has 43 heavy (non-hydrogen) atoms. The van der Waals surface area contributed by atoms with E-state index in [1.807, 2.05) is 63.2 Å². The maximum absolute atomic E-state index is 14.1. The third-order valence-corrected chi connectivity index (χ3v) is 8.46. The van der Waals surface area contributed by atoms with Gasteiger partial charge in [-0.05, 0) is 96.7 Å². The molecule has 2 saturated heterocycles. The number of aromatic nitrogens is 2. The smallest absolute Gasteiger partial charge is 0.410 e. The second kappa shape index (κ2) is 12.7. The predicted molar refractivity (Wildman–Crippen MR) is 170 cm³/mol. The molecule has 0 aliphatic carbocycles. The zero-order valence-electron chi connectivity index (χ0n) is 26.5. The number of aryl methyl sites for hydroxylation is 1. The highest BCUT2D eigenvalue weighted by atomic mass is 16.6. The van der Waals surface area contributed by atoms with E-state index in [1.54, 1.807) is 0 Å². The van der Waals surface area contributed by atoms with Crippen LogP contribution in [0.4, 0.5) is 10.5 Å². The lowest BCUT2D eigenvalue weighted by Gasteiger charge is -2.40. The molecule has 1 aromatic carbocycles. The molecule has 2 atom stereocenters. The molecule has 5 rings (SSSR count). The average molecular weight is 590 g/mol. The molecule has 232 valence electrons. The zero-order chi connectivity index (χ0) is 30.9. The first-order valence-corrected chi connectivity index (χ1v) is 15.6. The van der Waals surface area contributed by atoms with E-state index in [0.29, 0.717) is 38.1 Å². The Hall–Kier alpha value is -3.43. The van der Waals surface area contributed by atoms with Crippen LogP contribution in [0.25, 0.3) is 10.9 Å². The van der Waals surface area contributed by atoms with Crippen LogP contribution in [0, 0.1) is 6.92 Å². The molecular weight excluding hydrogens is 542 g/mol. The number of hydrogen-bond donors (Lipinski definition) is 1. The molecule has 0 spiro atoms. The number of carbonyl (C=O) groups is 1. The number of likely N-dealkylation sites (tertiary alicyclic amines) is 1. The van der Waals surface area contributed by atoms with Gasteiger partial charge in [0.05, 0.1) is 11.6 Å². The lowest BCUT2D eigenvalue weighted by atomic mass is 10.0. The number of pyridine rings is 2. The Morgan fingerprint density at radius 3 is 2.58 bits per heavy atom. The van der Waals surface area contributed by atoms with Crippen molar-refractivity contribution < 1.29 is 14.6 Å². The molecule has 1 N–H and O–H groups in total. The Balaban J connectivity index is 1.49. The van der Waals surface area contributed by atoms with Crippen LogP contribution in [0.2, 0.25) is 0 Å². The normalized spacial score (nSPS) is 19.6. The van der Waals surface area contributed by atoms with E-state index in [0.717, 1.165) is 53.8 Å². The Morgan fingerprint density at radius 1 is 1.12 bits per heavy atom. The molecule has 0 bridgehead atoms. The molecule has 2 fully saturated rings. The largest absolute Gasteiger partial charge is 0.444 e. The van der Waals surface area contributed by atoms with Crippen LogP contribution >= 0.6 is 0 Å². The molecule has 0 saturated carbocycles. The topological polar surface area (TPSA) is 91.1 Å². The molecule has 0 radical (unpaired) electrons. The summed E-state index contributed by atoms with van der Waals surface area (Å²) in [4.78, 5) is 37.8. The highest BCUT2D eigenvalue weighted by Gasteiger charge is 2.31. The number of aliphatic hydroxyl groups excluding tert-OH is 1. The number of β-amino-alcohol motifs (C(OH)–C–C–N with tert-alkyl or cyclic N) is 1. The maximum atomic E-state index is 14.1. The number of aliphatic hydroxyl groups is 1. The van der Waals surface area contributed by atoms with Gasteiger partial charge in [-0.2, -0.15) is 0 Å². The van der Waals surface area contributed by atoms with E-state index in [-0.39, 0.29) is 29.7 Å². The van der Waals surface area contributed by atoms with Crippen molar-refractivity contribution in [3.63, 3.8) is 0 Å². The van der Waals surface area contributed by atoms with Crippen LogP contribution in [-0.4, -0.2) is 74.5 Å². The van der Waals surface area contributed by atoms with Crippen molar-refractivity contribution in [1.29, 1.82) is 0 Å². The number of piperidine rings is 1. The first-order chi connectivity index (χ1) is 20.4. The van der Waals surface area contributed by atoms with Gasteiger partial charge in [-0.1, -0.05) is 0 Å². The zero-order valence-corrected chi connectivity index (χ0v) is 26.5. The van der Waals surface area contributed by atoms with Crippen molar-refractivity contribution in [3.05, 3.63) is 69.8 Å². The number of carbonyl (C=O) groups excluding carboxylic acids is 1. The summed E-state index contributed by atoms with van der Waals surface area (Å²) in [5, 5.41) is 10.8. The molecule has 4 heterocycles. The van der Waals surface area contributed by atoms with Gasteiger partial charge in [-0.15, -0.1) is 0 Å². The van der Waals surface area contributed by atoms with E-state index >= 15 is 0 Å². The number of benzene rings is 1. The SMILES string of the molecule is Cc1cc(CN(Cc2cn(C(C)C)c3cc(N4CC[C@@H](O)C4)ccc3c2=O)[C@H]2CCCN(C(=O)OC(C)(C)C)C2)ccn1. The molecular formula is C34H47N5O4. The van der Waals surface area contributed by atoms with E-state index in [1.165, 1.54) is 0 Å². The van der Waals surface area contributed by atoms with Crippen molar-refractivity contribution in [2.24, 2.45) is 0 Å². The van der Waals surface area contributed by atoms with Crippen LogP contribution in [0.5, 0.6) is 0 Å². The van der Waals surface area contributed by atoms with Crippen LogP contribution in [0.3, 0.4) is 0 Å². The van der Waals surface area contributed by atoms with Gasteiger partial charge in [0.2, 0.25) is 0 Å². The van der Waals surface area contributed by atoms with E-state index in [2.05, 4.69) is 45.3 Å². The van der Waals surface area contributed by atoms with Crippen LogP contribution < -0.4 is 10.3 Å². The number of fused-ring (bicyclic) bond motifs is 1. The van der Waals surface area contributed by atoms with Gasteiger partial charge in [0.15, 0.2) is 5.43 Å². The lowest BCUT2D eigenvalue weighted by Crippen LogP contribution is -2.50. The number of anilines is 1. The number of nitrogens with zero attached hydrogens (tertiary/aromatic N) is 5. The van der Waals surface area contributed by atoms with Gasteiger partial charge in [0.1, 0.15) is 5.60 Å². The number of rotatable bonds is 7. The predicted octanol–water partition coefficient (Wildman–Crippen LogP) is 5.26. The lowest BCUT2D eigenvalue weighted by molar-refractivity contribution is 0.00888. The Kier molecular flexibility index (Phi) is 9.13. The van der Waals surface area contributed by atoms with E-state index in [4.69, 9.17) is 4.74 Å². The van der Waals surface area contributed by atoms with Gasteiger partial charge >= 0.3 is 6.09 Å². The number of ether oxygens (including phenoxy) is 1. The van der Waals surface area contributed by atoms with Gasteiger partial charge < -0.3 is 24.2 Å². The highest BCUT2D eigenvalue weighted by molar-refractivity contribution is 5.83. The first kappa shape index (κ1) is 31.0. The van der Waals surface area contributed by atoms with Crippen molar-refractivity contribution in [2.45, 2.75) is 97.7 Å². The van der Waals surface area contributed by atoms with Crippen molar-refractivity contribution in [1.82, 2.24) is 19.4 Å². The third kappa shape index (κ3) is 7.39. The van der Waals surface area contributed by atoms with Gasteiger partial charge in [-0.25, -0.2) is 4.79 Å². The first-order valence-electron chi connectivity index (χ1n) is 15.6. The van der Waals surface area contributed by atoms with Crippen molar-refractivity contribution in [2.75, 3.05) is 31.1 Å². The summed E-state index contributed by atoms with van der Waals surface area (Å²) in [7, 11) is 0. The molecule has 3 aromatic rings. The average Bonchev–Trinajstić information content (AvgIpc) is 3.39. The second-order valence-corrected chi connectivity index (χ2v) is 13.5. The fourth-order valence-corrected chi connectivity index (χ4v) is 6.32. The van der Waals surface area contributed by atoms with Gasteiger partial charge in [0.25, 0.3) is 0 Å². The monoisotopic (exact) mass is 589 g/mol. The quantitative estimate of drug-likeness (QED) is 0.402. The molecule has 9 nitrogen and oxygen atoms in total. The molecule has 1 amide bonds. The molecule has 2 aliphatic heterocycles. The number of hydrogen-bond acceptors (Lipinski definition) is 7. The van der Waals surface area contributed by atoms with Gasteiger partial charge in [0, 0.05) is 86.1 Å². The summed E-state index contributed by atoms with van der Waals surface area (Å²) in [5.41, 5.74) is 4.24. The maximum Gasteiger partial charge on any atom is 0.410 e. The molecule has 2 aromatic heterocycles. The fourth-order valence-electron chi connectivity index (χ4n) is 6.32. The summed E-state index contributed by atoms with van der Waals surface area (Å²) in [6.45, 7) is 15.7. The Morgan fingerprint density at radius 2 is 1.91 bits per heavy atom. The molecule has 9 heteroatoms. The molecule has 2 aliphatic rings. The summed E-state index contributed by atoms with van der Waals surface area (Å²) in [6, 6.07) is 10.4. The van der Waals surface area contributed by atoms with E-state index in [9.17, 15) is 14.7 Å².